The first-order valence-corrected chi connectivity index (χ1v) is 7.13. The van der Waals surface area contributed by atoms with Crippen LogP contribution in [0.2, 0.25) is 0 Å². The molecule has 0 bridgehead atoms. The molecular formula is C15H11N4S+. The molecule has 0 saturated carbocycles. The van der Waals surface area contributed by atoms with Crippen LogP contribution in [0.1, 0.15) is 9.81 Å². The number of aryl methyl sites for hydroxylation is 1. The average Bonchev–Trinajstić information content (AvgIpc) is 3.12. The predicted molar refractivity (Wildman–Crippen MR) is 78.6 cm³/mol. The van der Waals surface area contributed by atoms with Gasteiger partial charge in [0.25, 0.3) is 5.82 Å². The fourth-order valence-electron chi connectivity index (χ4n) is 3.00. The maximum Gasteiger partial charge on any atom is 0.292 e. The largest absolute Gasteiger partial charge is 0.292 e. The van der Waals surface area contributed by atoms with Crippen molar-refractivity contribution in [3.63, 3.8) is 0 Å². The summed E-state index contributed by atoms with van der Waals surface area (Å²) in [7, 11) is 0. The molecule has 0 aromatic carbocycles. The summed E-state index contributed by atoms with van der Waals surface area (Å²) in [5.41, 5.74) is 2.77. The van der Waals surface area contributed by atoms with Gasteiger partial charge in [0.05, 0.1) is 27.0 Å². The standard InChI is InChI=1S/C15H11N4S/c1-18-14-9-3-2-5-17-11(9)8-19(14)13-10-4-6-16-7-12(10)20-15(13)18/h2-7H,8H2,1H3/q+1/i1D3. The molecule has 96 valence electrons. The van der Waals surface area contributed by atoms with Gasteiger partial charge in [0.15, 0.2) is 5.52 Å². The summed E-state index contributed by atoms with van der Waals surface area (Å²) in [6, 6.07) is 5.74. The van der Waals surface area contributed by atoms with E-state index in [1.165, 1.54) is 15.9 Å². The van der Waals surface area contributed by atoms with Crippen molar-refractivity contribution >= 4 is 31.8 Å². The number of fused-ring (bicyclic) bond motifs is 7. The average molecular weight is 282 g/mol. The smallest absolute Gasteiger partial charge is 0.263 e. The third-order valence-electron chi connectivity index (χ3n) is 3.83. The van der Waals surface area contributed by atoms with Crippen molar-refractivity contribution in [2.24, 2.45) is 6.98 Å². The summed E-state index contributed by atoms with van der Waals surface area (Å²) in [6.45, 7) is -1.65. The topological polar surface area (TPSA) is 34.6 Å². The second-order valence-corrected chi connectivity index (χ2v) is 5.90. The second-order valence-electron chi connectivity index (χ2n) is 4.87. The van der Waals surface area contributed by atoms with Crippen LogP contribution >= 0.6 is 11.3 Å². The van der Waals surface area contributed by atoms with Gasteiger partial charge in [-0.2, -0.15) is 0 Å². The van der Waals surface area contributed by atoms with E-state index in [0.717, 1.165) is 31.7 Å². The molecular weight excluding hydrogens is 268 g/mol. The molecule has 0 amide bonds. The van der Waals surface area contributed by atoms with Gasteiger partial charge in [0, 0.05) is 24.0 Å². The number of nitrogens with zero attached hydrogens (tertiary/aromatic N) is 4. The minimum atomic E-state index is -2.25. The van der Waals surface area contributed by atoms with Crippen molar-refractivity contribution in [1.82, 2.24) is 14.5 Å². The van der Waals surface area contributed by atoms with Gasteiger partial charge in [0.1, 0.15) is 6.54 Å². The first kappa shape index (κ1) is 8.11. The summed E-state index contributed by atoms with van der Waals surface area (Å²) in [5.74, 6) is 0.716. The number of imidazole rings is 1. The Kier molecular flexibility index (Phi) is 1.39. The van der Waals surface area contributed by atoms with Crippen LogP contribution in [0.3, 0.4) is 0 Å². The molecule has 4 nitrogen and oxygen atoms in total. The quantitative estimate of drug-likeness (QED) is 0.409. The summed E-state index contributed by atoms with van der Waals surface area (Å²) in [4.78, 5) is 9.33. The van der Waals surface area contributed by atoms with Crippen LogP contribution in [0.5, 0.6) is 0 Å². The van der Waals surface area contributed by atoms with E-state index in [9.17, 15) is 0 Å². The molecule has 0 spiro atoms. The van der Waals surface area contributed by atoms with Crippen molar-refractivity contribution < 1.29 is 8.68 Å². The Labute approximate surface area is 123 Å². The van der Waals surface area contributed by atoms with E-state index in [0.29, 0.717) is 12.4 Å². The van der Waals surface area contributed by atoms with E-state index in [1.807, 2.05) is 18.2 Å². The fraction of sp³-hybridized carbons (Fsp3) is 0.133. The molecule has 0 saturated heterocycles. The van der Waals surface area contributed by atoms with Gasteiger partial charge in [-0.1, -0.05) is 11.3 Å². The van der Waals surface area contributed by atoms with Crippen LogP contribution in [-0.4, -0.2) is 14.5 Å². The Bertz CT molecular complexity index is 1090. The Morgan fingerprint density at radius 1 is 1.40 bits per heavy atom. The van der Waals surface area contributed by atoms with Gasteiger partial charge >= 0.3 is 0 Å². The normalized spacial score (nSPS) is 15.9. The van der Waals surface area contributed by atoms with Crippen LogP contribution in [0, 0.1) is 0 Å². The highest BCUT2D eigenvalue weighted by atomic mass is 32.1. The molecule has 1 aliphatic rings. The zero-order valence-corrected chi connectivity index (χ0v) is 11.2. The van der Waals surface area contributed by atoms with Gasteiger partial charge in [-0.3, -0.25) is 9.97 Å². The highest BCUT2D eigenvalue weighted by Crippen LogP contribution is 2.38. The number of pyridine rings is 2. The second kappa shape index (κ2) is 3.43. The van der Waals surface area contributed by atoms with Crippen molar-refractivity contribution in [3.05, 3.63) is 42.5 Å². The minimum Gasteiger partial charge on any atom is -0.263 e. The van der Waals surface area contributed by atoms with Crippen LogP contribution in [-0.2, 0) is 13.5 Å². The third kappa shape index (κ3) is 1.10. The van der Waals surface area contributed by atoms with Crippen molar-refractivity contribution in [1.29, 1.82) is 0 Å². The van der Waals surface area contributed by atoms with Crippen molar-refractivity contribution in [2.45, 2.75) is 6.54 Å². The van der Waals surface area contributed by atoms with Gasteiger partial charge in [-0.25, -0.2) is 9.13 Å². The van der Waals surface area contributed by atoms with E-state index in [-0.39, 0.29) is 0 Å². The number of aromatic nitrogens is 4. The van der Waals surface area contributed by atoms with Crippen LogP contribution in [0.4, 0.5) is 0 Å². The number of hydrogen-bond acceptors (Lipinski definition) is 3. The minimum absolute atomic E-state index is 0.596. The molecule has 0 fully saturated rings. The molecule has 0 atom stereocenters. The van der Waals surface area contributed by atoms with Crippen LogP contribution in [0.25, 0.3) is 31.8 Å². The van der Waals surface area contributed by atoms with Crippen molar-refractivity contribution in [2.75, 3.05) is 0 Å². The molecule has 0 aliphatic carbocycles. The van der Waals surface area contributed by atoms with Crippen molar-refractivity contribution in [3.8, 4) is 11.4 Å². The Hall–Kier alpha value is -2.27. The first-order chi connectivity index (χ1) is 11.1. The third-order valence-corrected chi connectivity index (χ3v) is 4.94. The maximum absolute atomic E-state index is 8.01. The predicted octanol–water partition coefficient (Wildman–Crippen LogP) is 2.50. The van der Waals surface area contributed by atoms with E-state index in [4.69, 9.17) is 4.11 Å². The molecule has 20 heavy (non-hydrogen) atoms. The highest BCUT2D eigenvalue weighted by molar-refractivity contribution is 7.25. The summed E-state index contributed by atoms with van der Waals surface area (Å²) in [5, 5.41) is 1.04. The molecule has 4 aromatic heterocycles. The SMILES string of the molecule is [2H]C([2H])([2H])[n+]1c2n(c3c4ccncc4sc31)Cc1ncccc1-2. The Morgan fingerprint density at radius 3 is 3.35 bits per heavy atom. The zero-order valence-electron chi connectivity index (χ0n) is 13.4. The molecule has 1 aliphatic heterocycles. The van der Waals surface area contributed by atoms with Gasteiger partial charge < -0.3 is 0 Å². The molecule has 0 radical (unpaired) electrons. The Balaban J connectivity index is 2.01. The summed E-state index contributed by atoms with van der Waals surface area (Å²) < 4.78 is 28.6. The molecule has 5 heterocycles. The zero-order chi connectivity index (χ0) is 15.8. The Morgan fingerprint density at radius 2 is 2.40 bits per heavy atom. The lowest BCUT2D eigenvalue weighted by Crippen LogP contribution is -2.28. The van der Waals surface area contributed by atoms with Gasteiger partial charge in [-0.05, 0) is 18.2 Å². The molecule has 0 unspecified atom stereocenters. The van der Waals surface area contributed by atoms with Crippen LogP contribution in [0.15, 0.2) is 36.8 Å². The molecule has 0 N–H and O–H groups in total. The number of thiophene rings is 1. The lowest BCUT2D eigenvalue weighted by molar-refractivity contribution is -0.631. The summed E-state index contributed by atoms with van der Waals surface area (Å²) in [6.07, 6.45) is 5.28. The number of rotatable bonds is 0. The van der Waals surface area contributed by atoms with E-state index in [1.54, 1.807) is 18.6 Å². The fourth-order valence-corrected chi connectivity index (χ4v) is 4.09. The lowest BCUT2D eigenvalue weighted by Gasteiger charge is -1.93. The van der Waals surface area contributed by atoms with Crippen LogP contribution < -0.4 is 4.57 Å². The van der Waals surface area contributed by atoms with E-state index >= 15 is 0 Å². The molecule has 5 rings (SSSR count). The lowest BCUT2D eigenvalue weighted by atomic mass is 10.2. The summed E-state index contributed by atoms with van der Waals surface area (Å²) >= 11 is 1.47. The maximum atomic E-state index is 8.01. The first-order valence-electron chi connectivity index (χ1n) is 7.81. The van der Waals surface area contributed by atoms with Gasteiger partial charge in [0.2, 0.25) is 4.83 Å². The molecule has 4 aromatic rings. The van der Waals surface area contributed by atoms with E-state index < -0.39 is 6.98 Å². The molecule has 5 heteroatoms. The monoisotopic (exact) mass is 282 g/mol. The number of hydrogen-bond donors (Lipinski definition) is 0. The highest BCUT2D eigenvalue weighted by Gasteiger charge is 2.35. The van der Waals surface area contributed by atoms with E-state index in [2.05, 4.69) is 14.5 Å². The van der Waals surface area contributed by atoms with Gasteiger partial charge in [-0.15, -0.1) is 0 Å².